The Labute approximate surface area is 172 Å². The number of nitrogens with zero attached hydrogens (tertiary/aromatic N) is 1. The molecule has 1 saturated heterocycles. The predicted octanol–water partition coefficient (Wildman–Crippen LogP) is 3.31. The van der Waals surface area contributed by atoms with Gasteiger partial charge in [0, 0.05) is 24.7 Å². The van der Waals surface area contributed by atoms with E-state index in [1.165, 1.54) is 0 Å². The number of ether oxygens (including phenoxy) is 1. The average Bonchev–Trinajstić information content (AvgIpc) is 2.74. The number of halogens is 2. The number of carbonyl (C=O) groups is 3. The van der Waals surface area contributed by atoms with Crippen molar-refractivity contribution in [2.75, 3.05) is 25.0 Å². The highest BCUT2D eigenvalue weighted by Crippen LogP contribution is 2.21. The number of benzene rings is 2. The minimum atomic E-state index is -0.790. The molecule has 0 aromatic heterocycles. The van der Waals surface area contributed by atoms with Crippen molar-refractivity contribution >= 4 is 23.5 Å². The summed E-state index contributed by atoms with van der Waals surface area (Å²) in [4.78, 5) is 38.4. The van der Waals surface area contributed by atoms with Gasteiger partial charge in [0.05, 0.1) is 11.6 Å². The molecule has 0 radical (unpaired) electrons. The first-order valence-corrected chi connectivity index (χ1v) is 9.61. The summed E-state index contributed by atoms with van der Waals surface area (Å²) < 4.78 is 31.7. The molecule has 1 aliphatic heterocycles. The van der Waals surface area contributed by atoms with E-state index >= 15 is 0 Å². The van der Waals surface area contributed by atoms with Gasteiger partial charge in [-0.05, 0) is 43.5 Å². The molecule has 1 aliphatic rings. The van der Waals surface area contributed by atoms with Gasteiger partial charge in [0.2, 0.25) is 0 Å². The van der Waals surface area contributed by atoms with Gasteiger partial charge in [-0.2, -0.15) is 0 Å². The molecule has 0 spiro atoms. The van der Waals surface area contributed by atoms with Crippen LogP contribution in [-0.2, 0) is 14.3 Å². The van der Waals surface area contributed by atoms with Gasteiger partial charge < -0.3 is 15.0 Å². The molecule has 2 amide bonds. The Kier molecular flexibility index (Phi) is 6.76. The second-order valence-electron chi connectivity index (χ2n) is 7.16. The highest BCUT2D eigenvalue weighted by Gasteiger charge is 2.29. The van der Waals surface area contributed by atoms with E-state index in [-0.39, 0.29) is 11.6 Å². The normalized spacial score (nSPS) is 14.3. The van der Waals surface area contributed by atoms with Gasteiger partial charge in [0.25, 0.3) is 11.8 Å². The fourth-order valence-electron chi connectivity index (χ4n) is 3.34. The standard InChI is InChI=1S/C22H22F2N2O4/c1-14-4-2-3-5-17(14)21(28)26-10-8-15(9-11-26)22(29)30-13-20(27)25-19-12-16(23)6-7-18(19)24/h2-7,12,15H,8-11,13H2,1H3,(H,25,27). The van der Waals surface area contributed by atoms with E-state index in [0.29, 0.717) is 31.5 Å². The Morgan fingerprint density at radius 2 is 1.80 bits per heavy atom. The molecule has 1 heterocycles. The van der Waals surface area contributed by atoms with Crippen molar-refractivity contribution in [2.45, 2.75) is 19.8 Å². The molecule has 30 heavy (non-hydrogen) atoms. The predicted molar refractivity (Wildman–Crippen MR) is 106 cm³/mol. The highest BCUT2D eigenvalue weighted by molar-refractivity contribution is 5.96. The monoisotopic (exact) mass is 416 g/mol. The Morgan fingerprint density at radius 3 is 2.50 bits per heavy atom. The van der Waals surface area contributed by atoms with Gasteiger partial charge in [-0.15, -0.1) is 0 Å². The summed E-state index contributed by atoms with van der Waals surface area (Å²) >= 11 is 0. The van der Waals surface area contributed by atoms with E-state index in [1.807, 2.05) is 25.1 Å². The van der Waals surface area contributed by atoms with Crippen LogP contribution in [0.15, 0.2) is 42.5 Å². The molecule has 0 saturated carbocycles. The molecule has 1 fully saturated rings. The van der Waals surface area contributed by atoms with Crippen LogP contribution in [0.2, 0.25) is 0 Å². The summed E-state index contributed by atoms with van der Waals surface area (Å²) in [5, 5.41) is 2.17. The zero-order valence-corrected chi connectivity index (χ0v) is 16.5. The van der Waals surface area contributed by atoms with Crippen molar-refractivity contribution in [1.82, 2.24) is 4.90 Å². The average molecular weight is 416 g/mol. The lowest BCUT2D eigenvalue weighted by molar-refractivity contribution is -0.152. The minimum Gasteiger partial charge on any atom is -0.455 e. The smallest absolute Gasteiger partial charge is 0.309 e. The molecule has 158 valence electrons. The number of hydrogen-bond donors (Lipinski definition) is 1. The van der Waals surface area contributed by atoms with Crippen LogP contribution in [0.3, 0.4) is 0 Å². The number of likely N-dealkylation sites (tertiary alicyclic amines) is 1. The Bertz CT molecular complexity index is 956. The molecule has 3 rings (SSSR count). The number of rotatable bonds is 5. The maximum Gasteiger partial charge on any atom is 0.309 e. The summed E-state index contributed by atoms with van der Waals surface area (Å²) in [5.74, 6) is -3.30. The van der Waals surface area contributed by atoms with Crippen molar-refractivity contribution in [2.24, 2.45) is 5.92 Å². The second kappa shape index (κ2) is 9.47. The van der Waals surface area contributed by atoms with E-state index in [9.17, 15) is 23.2 Å². The quantitative estimate of drug-likeness (QED) is 0.759. The number of esters is 1. The van der Waals surface area contributed by atoms with Crippen LogP contribution in [-0.4, -0.2) is 42.4 Å². The maximum atomic E-state index is 13.5. The first-order chi connectivity index (χ1) is 14.3. The van der Waals surface area contributed by atoms with Gasteiger partial charge in [0.1, 0.15) is 11.6 Å². The van der Waals surface area contributed by atoms with Crippen LogP contribution in [0, 0.1) is 24.5 Å². The largest absolute Gasteiger partial charge is 0.455 e. The molecule has 0 atom stereocenters. The fourth-order valence-corrected chi connectivity index (χ4v) is 3.34. The molecule has 6 nitrogen and oxygen atoms in total. The van der Waals surface area contributed by atoms with Gasteiger partial charge in [0.15, 0.2) is 6.61 Å². The molecule has 0 unspecified atom stereocenters. The highest BCUT2D eigenvalue weighted by atomic mass is 19.1. The number of piperidine rings is 1. The summed E-state index contributed by atoms with van der Waals surface area (Å²) in [6, 6.07) is 9.99. The summed E-state index contributed by atoms with van der Waals surface area (Å²) in [7, 11) is 0. The molecular formula is C22H22F2N2O4. The lowest BCUT2D eigenvalue weighted by Crippen LogP contribution is -2.41. The lowest BCUT2D eigenvalue weighted by atomic mass is 9.96. The van der Waals surface area contributed by atoms with Crippen molar-refractivity contribution in [3.8, 4) is 0 Å². The van der Waals surface area contributed by atoms with E-state index in [2.05, 4.69) is 5.32 Å². The maximum absolute atomic E-state index is 13.5. The Morgan fingerprint density at radius 1 is 1.10 bits per heavy atom. The molecule has 2 aromatic rings. The first kappa shape index (κ1) is 21.4. The van der Waals surface area contributed by atoms with Gasteiger partial charge in [-0.3, -0.25) is 14.4 Å². The molecule has 8 heteroatoms. The number of anilines is 1. The third kappa shape index (κ3) is 5.20. The SMILES string of the molecule is Cc1ccccc1C(=O)N1CCC(C(=O)OCC(=O)Nc2cc(F)ccc2F)CC1. The summed E-state index contributed by atoms with van der Waals surface area (Å²) in [6.07, 6.45) is 0.854. The number of carbonyl (C=O) groups excluding carboxylic acids is 3. The van der Waals surface area contributed by atoms with Crippen molar-refractivity contribution in [3.05, 3.63) is 65.2 Å². The first-order valence-electron chi connectivity index (χ1n) is 9.61. The van der Waals surface area contributed by atoms with Crippen LogP contribution >= 0.6 is 0 Å². The van der Waals surface area contributed by atoms with Crippen LogP contribution in [0.1, 0.15) is 28.8 Å². The second-order valence-corrected chi connectivity index (χ2v) is 7.16. The summed E-state index contributed by atoms with van der Waals surface area (Å²) in [6.45, 7) is 2.09. The molecule has 0 aliphatic carbocycles. The van der Waals surface area contributed by atoms with Crippen molar-refractivity contribution < 1.29 is 27.9 Å². The van der Waals surface area contributed by atoms with Gasteiger partial charge in [-0.25, -0.2) is 8.78 Å². The summed E-state index contributed by atoms with van der Waals surface area (Å²) in [5.41, 5.74) is 1.21. The van der Waals surface area contributed by atoms with Crippen molar-refractivity contribution in [1.29, 1.82) is 0 Å². The van der Waals surface area contributed by atoms with Gasteiger partial charge >= 0.3 is 5.97 Å². The third-order valence-electron chi connectivity index (χ3n) is 5.04. The number of nitrogens with one attached hydrogen (secondary N) is 1. The van der Waals surface area contributed by atoms with Crippen LogP contribution in [0.4, 0.5) is 14.5 Å². The molecule has 0 bridgehead atoms. The topological polar surface area (TPSA) is 75.7 Å². The lowest BCUT2D eigenvalue weighted by Gasteiger charge is -2.31. The third-order valence-corrected chi connectivity index (χ3v) is 5.04. The van der Waals surface area contributed by atoms with E-state index in [1.54, 1.807) is 11.0 Å². The molecule has 2 aromatic carbocycles. The minimum absolute atomic E-state index is 0.0728. The molecular weight excluding hydrogens is 394 g/mol. The zero-order chi connectivity index (χ0) is 21.7. The van der Waals surface area contributed by atoms with Crippen molar-refractivity contribution in [3.63, 3.8) is 0 Å². The van der Waals surface area contributed by atoms with Gasteiger partial charge in [-0.1, -0.05) is 18.2 Å². The number of hydrogen-bond acceptors (Lipinski definition) is 4. The van der Waals surface area contributed by atoms with E-state index < -0.39 is 36.0 Å². The van der Waals surface area contributed by atoms with E-state index in [4.69, 9.17) is 4.74 Å². The van der Waals surface area contributed by atoms with Crippen LogP contribution in [0.5, 0.6) is 0 Å². The van der Waals surface area contributed by atoms with Crippen LogP contribution in [0.25, 0.3) is 0 Å². The molecule has 1 N–H and O–H groups in total. The number of aryl methyl sites for hydroxylation is 1. The zero-order valence-electron chi connectivity index (χ0n) is 16.5. The Balaban J connectivity index is 1.46. The fraction of sp³-hybridized carbons (Fsp3) is 0.318. The van der Waals surface area contributed by atoms with Crippen LogP contribution < -0.4 is 5.32 Å². The number of amides is 2. The Hall–Kier alpha value is -3.29. The van der Waals surface area contributed by atoms with E-state index in [0.717, 1.165) is 23.8 Å².